The van der Waals surface area contributed by atoms with Crippen LogP contribution in [0.3, 0.4) is 0 Å². The predicted octanol–water partition coefficient (Wildman–Crippen LogP) is 6.98. The summed E-state index contributed by atoms with van der Waals surface area (Å²) in [5, 5.41) is 14.5. The Labute approximate surface area is 276 Å². The minimum atomic E-state index is -3.00. The van der Waals surface area contributed by atoms with Gasteiger partial charge in [-0.2, -0.15) is 0 Å². The van der Waals surface area contributed by atoms with Gasteiger partial charge in [0, 0.05) is 5.41 Å². The first kappa shape index (κ1) is 31.5. The van der Waals surface area contributed by atoms with E-state index in [1.165, 1.54) is 27.4 Å². The second kappa shape index (κ2) is 11.9. The summed E-state index contributed by atoms with van der Waals surface area (Å²) in [7, 11) is -3.00. The van der Waals surface area contributed by atoms with E-state index in [9.17, 15) is 9.90 Å². The molecule has 0 heterocycles. The van der Waals surface area contributed by atoms with E-state index in [1.54, 1.807) is 0 Å². The normalized spacial score (nSPS) is 37.2. The number of hydrogen-bond donors (Lipinski definition) is 1. The van der Waals surface area contributed by atoms with Crippen LogP contribution in [0.5, 0.6) is 0 Å². The highest BCUT2D eigenvalue weighted by atomic mass is 28.4. The van der Waals surface area contributed by atoms with Crippen LogP contribution in [-0.2, 0) is 9.22 Å². The van der Waals surface area contributed by atoms with Gasteiger partial charge in [-0.15, -0.1) is 0 Å². The van der Waals surface area contributed by atoms with Crippen molar-refractivity contribution >= 4 is 30.2 Å². The summed E-state index contributed by atoms with van der Waals surface area (Å²) in [5.41, 5.74) is 0.211. The summed E-state index contributed by atoms with van der Waals surface area (Å²) >= 11 is 0. The van der Waals surface area contributed by atoms with Gasteiger partial charge in [0.15, 0.2) is 0 Å². The molecule has 0 aliphatic heterocycles. The third kappa shape index (κ3) is 4.47. The van der Waals surface area contributed by atoms with E-state index in [1.807, 2.05) is 0 Å². The van der Waals surface area contributed by atoms with Gasteiger partial charge in [0.25, 0.3) is 8.32 Å². The van der Waals surface area contributed by atoms with Crippen molar-refractivity contribution in [3.63, 3.8) is 0 Å². The van der Waals surface area contributed by atoms with Crippen molar-refractivity contribution in [2.45, 2.75) is 77.9 Å². The molecular formula is C42H50O3Si. The highest BCUT2D eigenvalue weighted by Gasteiger charge is 2.68. The topological polar surface area (TPSA) is 46.5 Å². The molecule has 9 atom stereocenters. The molecule has 0 radical (unpaired) electrons. The summed E-state index contributed by atoms with van der Waals surface area (Å²) in [5.74, 6) is 1.80. The predicted molar refractivity (Wildman–Crippen MR) is 190 cm³/mol. The van der Waals surface area contributed by atoms with Gasteiger partial charge >= 0.3 is 0 Å². The van der Waals surface area contributed by atoms with E-state index in [0.29, 0.717) is 30.1 Å². The fourth-order valence-electron chi connectivity index (χ4n) is 11.2. The number of carbonyl (C=O) groups is 1. The monoisotopic (exact) mass is 630 g/mol. The Kier molecular flexibility index (Phi) is 8.14. The Morgan fingerprint density at radius 1 is 0.826 bits per heavy atom. The number of allylic oxidation sites excluding steroid dienone is 2. The Hall–Kier alpha value is -3.05. The van der Waals surface area contributed by atoms with Gasteiger partial charge in [0.2, 0.25) is 0 Å². The van der Waals surface area contributed by atoms with Crippen LogP contribution in [0, 0.1) is 40.4 Å². The molecule has 4 heteroatoms. The molecule has 46 heavy (non-hydrogen) atoms. The van der Waals surface area contributed by atoms with E-state index in [2.05, 4.69) is 137 Å². The quantitative estimate of drug-likeness (QED) is 0.133. The van der Waals surface area contributed by atoms with Gasteiger partial charge in [0.1, 0.15) is 6.29 Å². The molecule has 3 saturated carbocycles. The highest BCUT2D eigenvalue weighted by molar-refractivity contribution is 7.07. The number of aldehydes is 1. The lowest BCUT2D eigenvalue weighted by Crippen LogP contribution is -2.73. The van der Waals surface area contributed by atoms with Gasteiger partial charge in [-0.1, -0.05) is 136 Å². The van der Waals surface area contributed by atoms with Gasteiger partial charge in [0.05, 0.1) is 17.1 Å². The molecule has 240 valence electrons. The van der Waals surface area contributed by atoms with Crippen molar-refractivity contribution in [1.29, 1.82) is 0 Å². The van der Waals surface area contributed by atoms with Crippen molar-refractivity contribution in [2.75, 3.05) is 0 Å². The third-order valence-corrected chi connectivity index (χ3v) is 17.3. The average molecular weight is 631 g/mol. The summed E-state index contributed by atoms with van der Waals surface area (Å²) in [4.78, 5) is 13.3. The molecule has 4 unspecified atom stereocenters. The van der Waals surface area contributed by atoms with Gasteiger partial charge in [-0.3, -0.25) is 0 Å². The summed E-state index contributed by atoms with van der Waals surface area (Å²) < 4.78 is 8.20. The first-order chi connectivity index (χ1) is 22.3. The molecule has 4 aliphatic rings. The number of fused-ring (bicyclic) bond motifs is 5. The van der Waals surface area contributed by atoms with Crippen molar-refractivity contribution in [3.05, 3.63) is 115 Å². The molecule has 0 aromatic heterocycles. The van der Waals surface area contributed by atoms with Gasteiger partial charge in [-0.25, -0.2) is 0 Å². The van der Waals surface area contributed by atoms with E-state index in [-0.39, 0.29) is 11.3 Å². The summed E-state index contributed by atoms with van der Waals surface area (Å²) in [6, 6.07) is 33.0. The van der Waals surface area contributed by atoms with E-state index >= 15 is 0 Å². The Morgan fingerprint density at radius 3 is 1.89 bits per heavy atom. The number of aliphatic hydroxyl groups is 1. The van der Waals surface area contributed by atoms with Crippen LogP contribution in [0.25, 0.3) is 0 Å². The maximum Gasteiger partial charge on any atom is 0.289 e. The standard InChI is InChI=1S/C42H50O3Si/c1-5-23-41(45-46(34-15-9-6-10-16-34,35-17-11-7-12-18-35)36-19-13-8-14-20-36)25-22-37-39-30(2)26-32-28-33(44)27-31(3)42(32,29-43)38(39)21-24-40(37,41)4/h5-20,23,28-31,33,37-39,44H,21-22,24-27H2,1-4H3/t30?,31?,33?,37-,38+,39-,40-,41?,42-/m0/s1. The van der Waals surface area contributed by atoms with Gasteiger partial charge in [-0.05, 0) is 90.6 Å². The molecule has 1 N–H and O–H groups in total. The van der Waals surface area contributed by atoms with Crippen molar-refractivity contribution in [3.8, 4) is 0 Å². The number of hydrogen-bond acceptors (Lipinski definition) is 3. The minimum absolute atomic E-state index is 0.0890. The van der Waals surface area contributed by atoms with Crippen LogP contribution in [0.2, 0.25) is 0 Å². The van der Waals surface area contributed by atoms with Crippen LogP contribution in [-0.4, -0.2) is 31.4 Å². The van der Waals surface area contributed by atoms with E-state index < -0.39 is 25.4 Å². The third-order valence-electron chi connectivity index (χ3n) is 13.2. The van der Waals surface area contributed by atoms with Crippen LogP contribution in [0.4, 0.5) is 0 Å². The fourth-order valence-corrected chi connectivity index (χ4v) is 15.5. The molecule has 4 aliphatic carbocycles. The van der Waals surface area contributed by atoms with E-state index in [4.69, 9.17) is 4.43 Å². The first-order valence-electron chi connectivity index (χ1n) is 17.6. The zero-order chi connectivity index (χ0) is 32.2. The van der Waals surface area contributed by atoms with Gasteiger partial charge < -0.3 is 14.3 Å². The number of benzene rings is 3. The van der Waals surface area contributed by atoms with Crippen LogP contribution in [0.15, 0.2) is 115 Å². The zero-order valence-electron chi connectivity index (χ0n) is 27.9. The Balaban J connectivity index is 1.38. The molecule has 3 aromatic carbocycles. The molecule has 0 amide bonds. The van der Waals surface area contributed by atoms with E-state index in [0.717, 1.165) is 32.1 Å². The lowest BCUT2D eigenvalue weighted by molar-refractivity contribution is -0.144. The van der Waals surface area contributed by atoms with Crippen molar-refractivity contribution < 1.29 is 14.3 Å². The Morgan fingerprint density at radius 2 is 1.37 bits per heavy atom. The summed E-state index contributed by atoms with van der Waals surface area (Å²) in [6.45, 7) is 9.31. The van der Waals surface area contributed by atoms with Crippen LogP contribution < -0.4 is 15.6 Å². The fraction of sp³-hybridized carbons (Fsp3) is 0.452. The maximum absolute atomic E-state index is 13.3. The molecule has 0 spiro atoms. The second-order valence-electron chi connectivity index (χ2n) is 15.2. The smallest absolute Gasteiger partial charge is 0.289 e. The molecular weight excluding hydrogens is 581 g/mol. The maximum atomic E-state index is 13.3. The van der Waals surface area contributed by atoms with Crippen LogP contribution in [0.1, 0.15) is 66.2 Å². The molecule has 3 fully saturated rings. The number of carbonyl (C=O) groups excluding carboxylic acids is 1. The van der Waals surface area contributed by atoms with Crippen LogP contribution >= 0.6 is 0 Å². The second-order valence-corrected chi connectivity index (χ2v) is 18.5. The molecule has 0 saturated heterocycles. The lowest BCUT2D eigenvalue weighted by atomic mass is 9.42. The summed E-state index contributed by atoms with van der Waals surface area (Å²) in [6.07, 6.45) is 13.3. The minimum Gasteiger partial charge on any atom is -0.394 e. The Bertz CT molecular complexity index is 1500. The number of aliphatic hydroxyl groups excluding tert-OH is 1. The first-order valence-corrected chi connectivity index (χ1v) is 19.5. The average Bonchev–Trinajstić information content (AvgIpc) is 3.36. The number of rotatable bonds is 7. The lowest BCUT2D eigenvalue weighted by Gasteiger charge is -2.62. The molecule has 3 nitrogen and oxygen atoms in total. The molecule has 7 rings (SSSR count). The largest absolute Gasteiger partial charge is 0.394 e. The van der Waals surface area contributed by atoms with Crippen molar-refractivity contribution in [1.82, 2.24) is 0 Å². The zero-order valence-corrected chi connectivity index (χ0v) is 28.9. The molecule has 0 bridgehead atoms. The van der Waals surface area contributed by atoms with Crippen molar-refractivity contribution in [2.24, 2.45) is 40.4 Å². The highest BCUT2D eigenvalue weighted by Crippen LogP contribution is 2.70. The SMILES string of the molecule is CC=CC1(O[Si](c2ccccc2)(c2ccccc2)c2ccccc2)CC[C@H]2[C@@H]3C(C)CC4=CC(O)CC(C)[C@]4(C=O)[C@@H]3CC[C@@]21C. The molecule has 3 aromatic rings.